The van der Waals surface area contributed by atoms with E-state index in [1.54, 1.807) is 24.4 Å². The van der Waals surface area contributed by atoms with Gasteiger partial charge in [-0.3, -0.25) is 4.57 Å². The van der Waals surface area contributed by atoms with Crippen molar-refractivity contribution < 1.29 is 24.4 Å². The molecule has 1 aliphatic carbocycles. The Bertz CT molecular complexity index is 4170. The number of para-hydroxylation sites is 3. The molecule has 1 aliphatic rings. The zero-order valence-electron chi connectivity index (χ0n) is 50.4. The van der Waals surface area contributed by atoms with Crippen LogP contribution in [0.15, 0.2) is 170 Å². The first-order chi connectivity index (χ1) is 36.5. The number of allylic oxidation sites excluding steroid dienone is 4. The smallest absolute Gasteiger partial charge is 0.254 e. The van der Waals surface area contributed by atoms with Crippen LogP contribution in [0.1, 0.15) is 94.9 Å². The molecule has 0 radical (unpaired) electrons. The third-order valence-electron chi connectivity index (χ3n) is 13.4. The van der Waals surface area contributed by atoms with Crippen LogP contribution in [0.3, 0.4) is 0 Å². The molecule has 0 spiro atoms. The number of aromatic nitrogens is 5. The van der Waals surface area contributed by atoms with E-state index < -0.39 is 43.1 Å². The van der Waals surface area contributed by atoms with Crippen LogP contribution < -0.4 is 9.30 Å². The van der Waals surface area contributed by atoms with Crippen molar-refractivity contribution in [1.29, 1.82) is 0 Å². The Morgan fingerprint density at radius 1 is 0.642 bits per heavy atom. The topological polar surface area (TPSA) is 40.8 Å². The van der Waals surface area contributed by atoms with Gasteiger partial charge in [-0.1, -0.05) is 129 Å². The Labute approximate surface area is 409 Å². The predicted octanol–water partition coefficient (Wildman–Crippen LogP) is 15.8. The lowest BCUT2D eigenvalue weighted by atomic mass is 9.71. The number of imidazole rings is 1. The number of hydrogen-bond acceptors (Lipinski definition) is 2. The van der Waals surface area contributed by atoms with Crippen LogP contribution in [-0.2, 0) is 5.41 Å². The van der Waals surface area contributed by atoms with Gasteiger partial charge in [0, 0.05) is 61.7 Å². The minimum absolute atomic E-state index is 0.00142. The van der Waals surface area contributed by atoms with Gasteiger partial charge in [0.15, 0.2) is 11.0 Å². The van der Waals surface area contributed by atoms with Crippen LogP contribution in [0.25, 0.3) is 77.5 Å². The molecular formula is C61H60N5O+. The van der Waals surface area contributed by atoms with Crippen molar-refractivity contribution in [3.8, 4) is 28.7 Å². The van der Waals surface area contributed by atoms with E-state index in [4.69, 9.17) is 24.8 Å². The van der Waals surface area contributed by atoms with Gasteiger partial charge in [-0.2, -0.15) is 9.13 Å². The molecule has 0 saturated carbocycles. The standard InChI is InChI=1S/C61H60N5O/c1-39-17-15-24-54-58(39)64(45-32-41(60(5,6)7)31-42(33-45)61(8,9)10)38-63(54)43-18-16-19-46(35-43)67-47-26-28-51-50-27-25-44(65-52-22-13-11-20-48(52)49-21-12-14-23-53(49)65)36-55(50)66(56(51)37-47)57-34-40(29-30-62-57)59(2,3)4/h11-32,34-38,42H,33H2,1-10H3/q+1/t42-/m0/s1/i1D3,11D,12D,13D,14D,20D,21D,22D,23D. The van der Waals surface area contributed by atoms with Crippen molar-refractivity contribution in [3.63, 3.8) is 0 Å². The quantitative estimate of drug-likeness (QED) is 0.156. The van der Waals surface area contributed by atoms with Crippen molar-refractivity contribution in [2.45, 2.75) is 81.0 Å². The van der Waals surface area contributed by atoms with Gasteiger partial charge in [-0.15, -0.1) is 0 Å². The predicted molar refractivity (Wildman–Crippen MR) is 279 cm³/mol. The second-order valence-corrected chi connectivity index (χ2v) is 21.0. The number of aryl methyl sites for hydroxylation is 1. The highest BCUT2D eigenvalue weighted by molar-refractivity contribution is 6.12. The molecule has 6 aromatic carbocycles. The first kappa shape index (κ1) is 31.7. The zero-order valence-corrected chi connectivity index (χ0v) is 39.4. The molecule has 0 saturated heterocycles. The van der Waals surface area contributed by atoms with E-state index >= 15 is 0 Å². The van der Waals surface area contributed by atoms with Crippen LogP contribution in [0.2, 0.25) is 0 Å². The molecule has 0 amide bonds. The molecule has 6 nitrogen and oxygen atoms in total. The summed E-state index contributed by atoms with van der Waals surface area (Å²) in [7, 11) is 0. The second-order valence-electron chi connectivity index (χ2n) is 21.0. The van der Waals surface area contributed by atoms with Crippen molar-refractivity contribution in [1.82, 2.24) is 18.7 Å². The summed E-state index contributed by atoms with van der Waals surface area (Å²) in [5.41, 5.74) is 7.09. The van der Waals surface area contributed by atoms with Gasteiger partial charge in [-0.05, 0) is 113 Å². The maximum atomic E-state index is 9.16. The van der Waals surface area contributed by atoms with Gasteiger partial charge in [0.1, 0.15) is 28.7 Å². The molecule has 4 aromatic heterocycles. The number of pyridine rings is 1. The molecule has 334 valence electrons. The maximum absolute atomic E-state index is 9.16. The fourth-order valence-electron chi connectivity index (χ4n) is 9.57. The first-order valence-electron chi connectivity index (χ1n) is 28.4. The summed E-state index contributed by atoms with van der Waals surface area (Å²) < 4.78 is 111. The third-order valence-corrected chi connectivity index (χ3v) is 13.4. The zero-order chi connectivity index (χ0) is 56.0. The SMILES string of the molecule is [2H]c1c([2H])c([2H])c2c(c1[2H])c1c([2H])c([2H])c([2H])c([2H])c1n2-c1ccc2c3ccc(Oc4cccc(-n5c[n+](C6=CC(C(C)(C)C)=C[C@H](C(C)(C)C)C6)c6c(C([2H])([2H])[2H])cccc65)c4)cc3n(-c3cc(C(C)(C)C)ccn3)c2c1. The van der Waals surface area contributed by atoms with E-state index in [0.717, 1.165) is 45.2 Å². The molecule has 4 heterocycles. The summed E-state index contributed by atoms with van der Waals surface area (Å²) in [6.07, 6.45) is 9.10. The Balaban J connectivity index is 1.08. The normalized spacial score (nSPS) is 17.5. The number of ether oxygens (including phenoxy) is 1. The third kappa shape index (κ3) is 7.34. The number of nitrogens with zero attached hydrogens (tertiary/aromatic N) is 5. The van der Waals surface area contributed by atoms with E-state index in [1.165, 1.54) is 10.1 Å². The van der Waals surface area contributed by atoms with Gasteiger partial charge in [-0.25, -0.2) is 4.98 Å². The minimum atomic E-state index is -2.38. The lowest BCUT2D eigenvalue weighted by Crippen LogP contribution is -2.36. The minimum Gasteiger partial charge on any atom is -0.457 e. The monoisotopic (exact) mass is 890 g/mol. The average Bonchev–Trinajstić information content (AvgIpc) is 4.29. The van der Waals surface area contributed by atoms with E-state index in [1.807, 2.05) is 88.3 Å². The van der Waals surface area contributed by atoms with E-state index in [-0.39, 0.29) is 61.6 Å². The summed E-state index contributed by atoms with van der Waals surface area (Å²) >= 11 is 0. The van der Waals surface area contributed by atoms with Crippen LogP contribution in [0, 0.1) is 23.6 Å². The van der Waals surface area contributed by atoms with Crippen molar-refractivity contribution >= 4 is 60.3 Å². The van der Waals surface area contributed by atoms with Gasteiger partial charge in [0.25, 0.3) is 6.33 Å². The Hall–Kier alpha value is -7.18. The Morgan fingerprint density at radius 2 is 1.33 bits per heavy atom. The highest BCUT2D eigenvalue weighted by Crippen LogP contribution is 2.43. The van der Waals surface area contributed by atoms with Crippen LogP contribution in [-0.4, -0.2) is 18.7 Å². The lowest BCUT2D eigenvalue weighted by molar-refractivity contribution is -0.556. The van der Waals surface area contributed by atoms with Gasteiger partial charge < -0.3 is 9.30 Å². The van der Waals surface area contributed by atoms with Crippen molar-refractivity contribution in [2.24, 2.45) is 16.7 Å². The van der Waals surface area contributed by atoms with Crippen LogP contribution in [0.4, 0.5) is 0 Å². The Kier molecular flexibility index (Phi) is 7.31. The summed E-state index contributed by atoms with van der Waals surface area (Å²) in [6.45, 7) is 17.4. The fraction of sp³-hybridized carbons (Fsp3) is 0.246. The molecule has 10 aromatic rings. The van der Waals surface area contributed by atoms with Gasteiger partial charge in [0.2, 0.25) is 0 Å². The van der Waals surface area contributed by atoms with E-state index in [0.29, 0.717) is 34.0 Å². The molecule has 1 atom stereocenters. The van der Waals surface area contributed by atoms with Crippen LogP contribution >= 0.6 is 0 Å². The highest BCUT2D eigenvalue weighted by Gasteiger charge is 2.34. The number of fused-ring (bicyclic) bond motifs is 7. The lowest BCUT2D eigenvalue weighted by Gasteiger charge is -2.34. The summed E-state index contributed by atoms with van der Waals surface area (Å²) in [5, 5.41) is 1.68. The largest absolute Gasteiger partial charge is 0.457 e. The number of benzene rings is 6. The molecule has 0 bridgehead atoms. The first-order valence-corrected chi connectivity index (χ1v) is 22.9. The van der Waals surface area contributed by atoms with Gasteiger partial charge in [0.05, 0.1) is 33.0 Å². The average molecular weight is 890 g/mol. The summed E-state index contributed by atoms with van der Waals surface area (Å²) in [4.78, 5) is 4.92. The van der Waals surface area contributed by atoms with Crippen LogP contribution in [0.5, 0.6) is 11.5 Å². The molecule has 6 heteroatoms. The molecule has 0 unspecified atom stereocenters. The summed E-state index contributed by atoms with van der Waals surface area (Å²) in [5.74, 6) is 1.86. The number of rotatable bonds is 6. The second kappa shape index (κ2) is 15.4. The van der Waals surface area contributed by atoms with E-state index in [9.17, 15) is 0 Å². The van der Waals surface area contributed by atoms with Crippen molar-refractivity contribution in [3.05, 3.63) is 181 Å². The molecule has 0 fully saturated rings. The van der Waals surface area contributed by atoms with Gasteiger partial charge >= 0.3 is 0 Å². The Morgan fingerprint density at radius 3 is 2.03 bits per heavy atom. The number of hydrogen-bond donors (Lipinski definition) is 0. The highest BCUT2D eigenvalue weighted by atomic mass is 16.5. The summed E-state index contributed by atoms with van der Waals surface area (Å²) in [6, 6.07) is 25.0. The molecule has 11 rings (SSSR count). The fourth-order valence-corrected chi connectivity index (χ4v) is 9.57. The van der Waals surface area contributed by atoms with Crippen molar-refractivity contribution in [2.75, 3.05) is 0 Å². The molecule has 0 aliphatic heterocycles. The molecular weight excluding hydrogens is 819 g/mol. The molecule has 0 N–H and O–H groups in total. The van der Waals surface area contributed by atoms with E-state index in [2.05, 4.69) is 79.0 Å². The molecule has 67 heavy (non-hydrogen) atoms. The maximum Gasteiger partial charge on any atom is 0.254 e.